The lowest BCUT2D eigenvalue weighted by Gasteiger charge is -2.31. The summed E-state index contributed by atoms with van der Waals surface area (Å²) < 4.78 is 28.8. The lowest BCUT2D eigenvalue weighted by molar-refractivity contribution is -0.126. The van der Waals surface area contributed by atoms with Crippen molar-refractivity contribution >= 4 is 43.5 Å². The van der Waals surface area contributed by atoms with E-state index in [4.69, 9.17) is 0 Å². The maximum atomic E-state index is 13.4. The van der Waals surface area contributed by atoms with E-state index in [2.05, 4.69) is 21.2 Å². The maximum Gasteiger partial charge on any atom is 0.244 e. The fraction of sp³-hybridized carbons (Fsp3) is 0.636. The van der Waals surface area contributed by atoms with Crippen molar-refractivity contribution < 1.29 is 18.0 Å². The Labute approximate surface area is 192 Å². The van der Waals surface area contributed by atoms with Crippen LogP contribution in [0.5, 0.6) is 0 Å². The van der Waals surface area contributed by atoms with Gasteiger partial charge in [0.25, 0.3) is 0 Å². The first-order valence-corrected chi connectivity index (χ1v) is 13.5. The van der Waals surface area contributed by atoms with Crippen LogP contribution in [0.4, 0.5) is 5.69 Å². The zero-order valence-electron chi connectivity index (χ0n) is 17.9. The standard InChI is InChI=1S/C22H30BrN3O4S/c1-2-21(27)26-12-9-16-13-18(23)20(14-19(16)26)31(29,30)25-10-7-15(8-11-25)22(28)24-17-5-3-4-6-17/h13-15,17H,2-12H2,1H3,(H,24,28). The van der Waals surface area contributed by atoms with Crippen LogP contribution in [0.15, 0.2) is 21.5 Å². The Morgan fingerprint density at radius 2 is 1.77 bits per heavy atom. The van der Waals surface area contributed by atoms with Crippen molar-refractivity contribution in [2.24, 2.45) is 5.92 Å². The molecule has 0 bridgehead atoms. The summed E-state index contributed by atoms with van der Waals surface area (Å²) in [4.78, 5) is 26.7. The first-order chi connectivity index (χ1) is 14.8. The molecular formula is C22H30BrN3O4S. The minimum absolute atomic E-state index is 0.00138. The molecule has 3 aliphatic rings. The summed E-state index contributed by atoms with van der Waals surface area (Å²) in [6.45, 7) is 3.04. The zero-order valence-corrected chi connectivity index (χ0v) is 20.3. The molecule has 31 heavy (non-hydrogen) atoms. The fourth-order valence-electron chi connectivity index (χ4n) is 4.92. The van der Waals surface area contributed by atoms with E-state index in [1.807, 2.05) is 13.0 Å². The van der Waals surface area contributed by atoms with Crippen LogP contribution in [0.1, 0.15) is 57.4 Å². The van der Waals surface area contributed by atoms with Crippen molar-refractivity contribution in [2.75, 3.05) is 24.5 Å². The molecule has 2 heterocycles. The monoisotopic (exact) mass is 511 g/mol. The molecular weight excluding hydrogens is 482 g/mol. The molecule has 1 N–H and O–H groups in total. The first kappa shape index (κ1) is 22.7. The van der Waals surface area contributed by atoms with E-state index < -0.39 is 10.0 Å². The molecule has 0 spiro atoms. The Hall–Kier alpha value is -1.45. The summed E-state index contributed by atoms with van der Waals surface area (Å²) in [5.74, 6) is -0.0666. The van der Waals surface area contributed by atoms with Gasteiger partial charge in [-0.1, -0.05) is 19.8 Å². The van der Waals surface area contributed by atoms with E-state index >= 15 is 0 Å². The number of anilines is 1. The van der Waals surface area contributed by atoms with Crippen LogP contribution >= 0.6 is 15.9 Å². The van der Waals surface area contributed by atoms with Gasteiger partial charge in [0.2, 0.25) is 21.8 Å². The van der Waals surface area contributed by atoms with Gasteiger partial charge in [0.15, 0.2) is 0 Å². The van der Waals surface area contributed by atoms with Gasteiger partial charge in [-0.3, -0.25) is 9.59 Å². The summed E-state index contributed by atoms with van der Waals surface area (Å²) in [6, 6.07) is 3.74. The number of halogens is 1. The highest BCUT2D eigenvalue weighted by Crippen LogP contribution is 2.37. The number of nitrogens with one attached hydrogen (secondary N) is 1. The third kappa shape index (κ3) is 4.54. The molecule has 170 valence electrons. The second kappa shape index (κ2) is 9.19. The normalized spacial score (nSPS) is 20.8. The summed E-state index contributed by atoms with van der Waals surface area (Å²) in [5, 5.41) is 3.14. The fourth-order valence-corrected chi connectivity index (χ4v) is 7.46. The van der Waals surface area contributed by atoms with Crippen molar-refractivity contribution in [3.05, 3.63) is 22.2 Å². The van der Waals surface area contributed by atoms with Crippen molar-refractivity contribution in [1.82, 2.24) is 9.62 Å². The van der Waals surface area contributed by atoms with Crippen LogP contribution in [0, 0.1) is 5.92 Å². The Kier molecular flexibility index (Phi) is 6.74. The molecule has 2 fully saturated rings. The molecule has 1 aromatic rings. The largest absolute Gasteiger partial charge is 0.353 e. The molecule has 2 aliphatic heterocycles. The van der Waals surface area contributed by atoms with Crippen LogP contribution in [-0.2, 0) is 26.0 Å². The maximum absolute atomic E-state index is 13.4. The number of rotatable bonds is 5. The Bertz CT molecular complexity index is 967. The van der Waals surface area contributed by atoms with Crippen LogP contribution in [-0.4, -0.2) is 50.2 Å². The minimum Gasteiger partial charge on any atom is -0.353 e. The highest BCUT2D eigenvalue weighted by Gasteiger charge is 2.35. The van der Waals surface area contributed by atoms with E-state index in [1.54, 1.807) is 11.0 Å². The molecule has 4 rings (SSSR count). The number of piperidine rings is 1. The highest BCUT2D eigenvalue weighted by molar-refractivity contribution is 9.10. The SMILES string of the molecule is CCC(=O)N1CCc2cc(Br)c(S(=O)(=O)N3CCC(C(=O)NC4CCCC4)CC3)cc21. The molecule has 0 aromatic heterocycles. The van der Waals surface area contributed by atoms with Crippen molar-refractivity contribution in [1.29, 1.82) is 0 Å². The number of amides is 2. The molecule has 0 radical (unpaired) electrons. The second-order valence-corrected chi connectivity index (χ2v) is 11.5. The Balaban J connectivity index is 1.47. The molecule has 2 amide bonds. The number of benzene rings is 1. The average Bonchev–Trinajstić information content (AvgIpc) is 3.42. The first-order valence-electron chi connectivity index (χ1n) is 11.2. The van der Waals surface area contributed by atoms with E-state index in [0.717, 1.165) is 24.8 Å². The van der Waals surface area contributed by atoms with Crippen molar-refractivity contribution in [2.45, 2.75) is 69.2 Å². The van der Waals surface area contributed by atoms with Crippen LogP contribution in [0.25, 0.3) is 0 Å². The summed E-state index contributed by atoms with van der Waals surface area (Å²) in [7, 11) is -3.72. The second-order valence-electron chi connectivity index (χ2n) is 8.73. The number of hydrogen-bond acceptors (Lipinski definition) is 4. The van der Waals surface area contributed by atoms with Crippen molar-refractivity contribution in [3.8, 4) is 0 Å². The smallest absolute Gasteiger partial charge is 0.244 e. The predicted molar refractivity (Wildman–Crippen MR) is 122 cm³/mol. The van der Waals surface area contributed by atoms with E-state index in [0.29, 0.717) is 49.1 Å². The summed E-state index contributed by atoms with van der Waals surface area (Å²) in [5.41, 5.74) is 1.68. The number of carbonyl (C=O) groups is 2. The molecule has 0 atom stereocenters. The van der Waals surface area contributed by atoms with Gasteiger partial charge in [0, 0.05) is 48.2 Å². The van der Waals surface area contributed by atoms with Gasteiger partial charge in [-0.15, -0.1) is 0 Å². The molecule has 9 heteroatoms. The third-order valence-electron chi connectivity index (χ3n) is 6.78. The number of sulfonamides is 1. The van der Waals surface area contributed by atoms with E-state index in [9.17, 15) is 18.0 Å². The summed E-state index contributed by atoms with van der Waals surface area (Å²) in [6.07, 6.45) is 6.58. The topological polar surface area (TPSA) is 86.8 Å². The Morgan fingerprint density at radius 3 is 2.42 bits per heavy atom. The van der Waals surface area contributed by atoms with Gasteiger partial charge < -0.3 is 10.2 Å². The number of nitrogens with zero attached hydrogens (tertiary/aromatic N) is 2. The molecule has 1 aromatic carbocycles. The molecule has 7 nitrogen and oxygen atoms in total. The van der Waals surface area contributed by atoms with E-state index in [-0.39, 0.29) is 28.7 Å². The van der Waals surface area contributed by atoms with Gasteiger partial charge in [0.05, 0.1) is 4.90 Å². The highest BCUT2D eigenvalue weighted by atomic mass is 79.9. The van der Waals surface area contributed by atoms with Gasteiger partial charge in [-0.2, -0.15) is 4.31 Å². The average molecular weight is 512 g/mol. The number of fused-ring (bicyclic) bond motifs is 1. The van der Waals surface area contributed by atoms with Crippen LogP contribution in [0.2, 0.25) is 0 Å². The number of hydrogen-bond donors (Lipinski definition) is 1. The molecule has 0 unspecified atom stereocenters. The lowest BCUT2D eigenvalue weighted by Crippen LogP contribution is -2.44. The molecule has 1 saturated carbocycles. The van der Waals surface area contributed by atoms with Gasteiger partial charge in [-0.25, -0.2) is 8.42 Å². The molecule has 1 saturated heterocycles. The quantitative estimate of drug-likeness (QED) is 0.657. The summed E-state index contributed by atoms with van der Waals surface area (Å²) >= 11 is 3.44. The third-order valence-corrected chi connectivity index (χ3v) is 9.63. The van der Waals surface area contributed by atoms with Gasteiger partial charge in [-0.05, 0) is 65.7 Å². The lowest BCUT2D eigenvalue weighted by atomic mass is 9.97. The Morgan fingerprint density at radius 1 is 1.10 bits per heavy atom. The van der Waals surface area contributed by atoms with Crippen LogP contribution < -0.4 is 10.2 Å². The van der Waals surface area contributed by atoms with E-state index in [1.165, 1.54) is 17.1 Å². The molecule has 1 aliphatic carbocycles. The minimum atomic E-state index is -3.72. The van der Waals surface area contributed by atoms with Gasteiger partial charge >= 0.3 is 0 Å². The zero-order chi connectivity index (χ0) is 22.2. The number of carbonyl (C=O) groups excluding carboxylic acids is 2. The predicted octanol–water partition coefficient (Wildman–Crippen LogP) is 3.21. The van der Waals surface area contributed by atoms with Crippen LogP contribution in [0.3, 0.4) is 0 Å². The van der Waals surface area contributed by atoms with Crippen molar-refractivity contribution in [3.63, 3.8) is 0 Å². The van der Waals surface area contributed by atoms with Gasteiger partial charge in [0.1, 0.15) is 0 Å².